The van der Waals surface area contributed by atoms with Crippen LogP contribution >= 0.6 is 0 Å². The zero-order chi connectivity index (χ0) is 9.97. The maximum Gasteiger partial charge on any atom is 0.0952 e. The third kappa shape index (κ3) is 1.68. The van der Waals surface area contributed by atoms with E-state index in [4.69, 9.17) is 4.74 Å². The van der Waals surface area contributed by atoms with Crippen molar-refractivity contribution in [1.29, 1.82) is 0 Å². The van der Waals surface area contributed by atoms with E-state index in [0.29, 0.717) is 6.04 Å². The second kappa shape index (κ2) is 4.11. The minimum Gasteiger partial charge on any atom is -0.372 e. The molecule has 1 aromatic rings. The van der Waals surface area contributed by atoms with Crippen molar-refractivity contribution in [3.8, 4) is 0 Å². The van der Waals surface area contributed by atoms with Crippen LogP contribution in [0.2, 0.25) is 0 Å². The van der Waals surface area contributed by atoms with E-state index < -0.39 is 0 Å². The van der Waals surface area contributed by atoms with E-state index in [0.717, 1.165) is 13.2 Å². The Hall–Kier alpha value is -0.860. The molecule has 1 aromatic carbocycles. The molecule has 0 amide bonds. The number of fused-ring (bicyclic) bond motifs is 1. The van der Waals surface area contributed by atoms with Gasteiger partial charge in [0.05, 0.1) is 6.10 Å². The van der Waals surface area contributed by atoms with Crippen LogP contribution in [-0.4, -0.2) is 13.2 Å². The summed E-state index contributed by atoms with van der Waals surface area (Å²) in [5.41, 5.74) is 2.72. The summed E-state index contributed by atoms with van der Waals surface area (Å²) < 4.78 is 5.70. The molecule has 1 aliphatic rings. The van der Waals surface area contributed by atoms with Crippen LogP contribution in [-0.2, 0) is 4.74 Å². The van der Waals surface area contributed by atoms with Gasteiger partial charge < -0.3 is 10.1 Å². The van der Waals surface area contributed by atoms with Crippen LogP contribution in [0.15, 0.2) is 24.3 Å². The summed E-state index contributed by atoms with van der Waals surface area (Å²) in [6.45, 7) is 5.93. The summed E-state index contributed by atoms with van der Waals surface area (Å²) in [7, 11) is 0. The average molecular weight is 191 g/mol. The van der Waals surface area contributed by atoms with Gasteiger partial charge in [0.25, 0.3) is 0 Å². The lowest BCUT2D eigenvalue weighted by Crippen LogP contribution is -2.32. The second-order valence-corrected chi connectivity index (χ2v) is 3.70. The Morgan fingerprint density at radius 3 is 2.79 bits per heavy atom. The van der Waals surface area contributed by atoms with E-state index in [1.165, 1.54) is 11.1 Å². The normalized spacial score (nSPS) is 25.9. The minimum absolute atomic E-state index is 0.229. The summed E-state index contributed by atoms with van der Waals surface area (Å²) in [6, 6.07) is 8.97. The first-order valence-electron chi connectivity index (χ1n) is 5.26. The average Bonchev–Trinajstić information content (AvgIpc) is 2.23. The standard InChI is InChI=1S/C12H17NO/c1-3-14-12-8-13-9(2)10-6-4-5-7-11(10)12/h4-7,9,12-13H,3,8H2,1-2H3. The molecule has 2 atom stereocenters. The molecule has 0 aliphatic carbocycles. The zero-order valence-electron chi connectivity index (χ0n) is 8.79. The molecule has 1 aliphatic heterocycles. The summed E-state index contributed by atoms with van der Waals surface area (Å²) in [6.07, 6.45) is 0.229. The van der Waals surface area contributed by atoms with Gasteiger partial charge in [-0.1, -0.05) is 24.3 Å². The van der Waals surface area contributed by atoms with Gasteiger partial charge >= 0.3 is 0 Å². The summed E-state index contributed by atoms with van der Waals surface area (Å²) in [4.78, 5) is 0. The maximum absolute atomic E-state index is 5.70. The number of hydrogen-bond donors (Lipinski definition) is 1. The van der Waals surface area contributed by atoms with Crippen LogP contribution in [0.5, 0.6) is 0 Å². The molecule has 2 rings (SSSR count). The third-order valence-electron chi connectivity index (χ3n) is 2.79. The monoisotopic (exact) mass is 191 g/mol. The molecule has 2 unspecified atom stereocenters. The van der Waals surface area contributed by atoms with Gasteiger partial charge in [0.2, 0.25) is 0 Å². The van der Waals surface area contributed by atoms with Crippen molar-refractivity contribution in [2.75, 3.05) is 13.2 Å². The van der Waals surface area contributed by atoms with E-state index in [-0.39, 0.29) is 6.10 Å². The Labute approximate surface area is 85.3 Å². The van der Waals surface area contributed by atoms with Crippen LogP contribution < -0.4 is 5.32 Å². The number of ether oxygens (including phenoxy) is 1. The predicted molar refractivity (Wildman–Crippen MR) is 57.2 cm³/mol. The highest BCUT2D eigenvalue weighted by Crippen LogP contribution is 2.30. The maximum atomic E-state index is 5.70. The molecule has 76 valence electrons. The largest absolute Gasteiger partial charge is 0.372 e. The quantitative estimate of drug-likeness (QED) is 0.775. The number of rotatable bonds is 2. The second-order valence-electron chi connectivity index (χ2n) is 3.70. The molecule has 0 radical (unpaired) electrons. The first kappa shape index (κ1) is 9.69. The lowest BCUT2D eigenvalue weighted by molar-refractivity contribution is 0.0539. The Morgan fingerprint density at radius 2 is 2.07 bits per heavy atom. The molecule has 0 aromatic heterocycles. The van der Waals surface area contributed by atoms with Crippen LogP contribution in [0.4, 0.5) is 0 Å². The lowest BCUT2D eigenvalue weighted by atomic mass is 9.93. The van der Waals surface area contributed by atoms with Crippen molar-refractivity contribution in [1.82, 2.24) is 5.32 Å². The summed E-state index contributed by atoms with van der Waals surface area (Å²) in [5, 5.41) is 3.45. The smallest absolute Gasteiger partial charge is 0.0952 e. The minimum atomic E-state index is 0.229. The van der Waals surface area contributed by atoms with Gasteiger partial charge in [0.15, 0.2) is 0 Å². The SMILES string of the molecule is CCOC1CNC(C)c2ccccc21. The van der Waals surface area contributed by atoms with E-state index in [2.05, 4.69) is 36.5 Å². The molecular weight excluding hydrogens is 174 g/mol. The molecular formula is C12H17NO. The van der Waals surface area contributed by atoms with Gasteiger partial charge in [-0.2, -0.15) is 0 Å². The van der Waals surface area contributed by atoms with E-state index in [9.17, 15) is 0 Å². The fourth-order valence-electron chi connectivity index (χ4n) is 2.05. The Balaban J connectivity index is 2.31. The van der Waals surface area contributed by atoms with Gasteiger partial charge in [-0.05, 0) is 25.0 Å². The third-order valence-corrected chi connectivity index (χ3v) is 2.79. The molecule has 14 heavy (non-hydrogen) atoms. The molecule has 2 heteroatoms. The topological polar surface area (TPSA) is 21.3 Å². The number of benzene rings is 1. The van der Waals surface area contributed by atoms with Crippen LogP contribution in [0, 0.1) is 0 Å². The first-order valence-corrected chi connectivity index (χ1v) is 5.26. The van der Waals surface area contributed by atoms with E-state index in [1.807, 2.05) is 6.92 Å². The number of nitrogens with one attached hydrogen (secondary N) is 1. The van der Waals surface area contributed by atoms with Crippen molar-refractivity contribution in [3.63, 3.8) is 0 Å². The van der Waals surface area contributed by atoms with E-state index in [1.54, 1.807) is 0 Å². The highest BCUT2D eigenvalue weighted by atomic mass is 16.5. The Kier molecular flexibility index (Phi) is 2.85. The first-order chi connectivity index (χ1) is 6.83. The van der Waals surface area contributed by atoms with Crippen molar-refractivity contribution >= 4 is 0 Å². The van der Waals surface area contributed by atoms with Crippen molar-refractivity contribution in [2.24, 2.45) is 0 Å². The fraction of sp³-hybridized carbons (Fsp3) is 0.500. The summed E-state index contributed by atoms with van der Waals surface area (Å²) >= 11 is 0. The molecule has 0 bridgehead atoms. The van der Waals surface area contributed by atoms with Gasteiger partial charge in [-0.25, -0.2) is 0 Å². The molecule has 0 fully saturated rings. The summed E-state index contributed by atoms with van der Waals surface area (Å²) in [5.74, 6) is 0. The van der Waals surface area contributed by atoms with Crippen molar-refractivity contribution < 1.29 is 4.74 Å². The number of hydrogen-bond acceptors (Lipinski definition) is 2. The highest BCUT2D eigenvalue weighted by Gasteiger charge is 2.23. The molecule has 0 saturated heterocycles. The molecule has 1 heterocycles. The predicted octanol–water partition coefficient (Wildman–Crippen LogP) is 2.43. The van der Waals surface area contributed by atoms with Crippen LogP contribution in [0.3, 0.4) is 0 Å². The van der Waals surface area contributed by atoms with Gasteiger partial charge in [0.1, 0.15) is 0 Å². The van der Waals surface area contributed by atoms with Crippen LogP contribution in [0.25, 0.3) is 0 Å². The molecule has 0 saturated carbocycles. The zero-order valence-corrected chi connectivity index (χ0v) is 8.79. The van der Waals surface area contributed by atoms with Crippen LogP contribution in [0.1, 0.15) is 37.1 Å². The van der Waals surface area contributed by atoms with Gasteiger partial charge in [0, 0.05) is 19.2 Å². The lowest BCUT2D eigenvalue weighted by Gasteiger charge is -2.30. The van der Waals surface area contributed by atoms with Gasteiger partial charge in [-0.3, -0.25) is 0 Å². The van der Waals surface area contributed by atoms with Gasteiger partial charge in [-0.15, -0.1) is 0 Å². The fourth-order valence-corrected chi connectivity index (χ4v) is 2.05. The molecule has 2 nitrogen and oxygen atoms in total. The Bertz CT molecular complexity index is 311. The van der Waals surface area contributed by atoms with E-state index >= 15 is 0 Å². The van der Waals surface area contributed by atoms with Crippen molar-refractivity contribution in [3.05, 3.63) is 35.4 Å². The molecule has 1 N–H and O–H groups in total. The highest BCUT2D eigenvalue weighted by molar-refractivity contribution is 5.33. The molecule has 0 spiro atoms. The van der Waals surface area contributed by atoms with Crippen molar-refractivity contribution in [2.45, 2.75) is 26.0 Å². The Morgan fingerprint density at radius 1 is 1.36 bits per heavy atom.